The van der Waals surface area contributed by atoms with Gasteiger partial charge in [-0.1, -0.05) is 32.0 Å². The molecule has 0 aliphatic heterocycles. The number of hydrogen-bond donors (Lipinski definition) is 1. The van der Waals surface area contributed by atoms with Crippen LogP contribution in [0.3, 0.4) is 0 Å². The van der Waals surface area contributed by atoms with E-state index < -0.39 is 0 Å². The van der Waals surface area contributed by atoms with Crippen LogP contribution in [0.4, 0.5) is 0 Å². The lowest BCUT2D eigenvalue weighted by Crippen LogP contribution is -2.23. The van der Waals surface area contributed by atoms with Crippen molar-refractivity contribution >= 4 is 39.2 Å². The van der Waals surface area contributed by atoms with Crippen LogP contribution in [0, 0.1) is 12.8 Å². The van der Waals surface area contributed by atoms with Crippen LogP contribution < -0.4 is 5.56 Å². The van der Waals surface area contributed by atoms with Crippen LogP contribution in [-0.2, 0) is 11.2 Å². The lowest BCUT2D eigenvalue weighted by atomic mass is 9.98. The molecule has 1 N–H and O–H groups in total. The number of amides is 1. The van der Waals surface area contributed by atoms with Crippen molar-refractivity contribution in [2.75, 3.05) is 19.8 Å². The molecular formula is C16H23N3O2S2. The summed E-state index contributed by atoms with van der Waals surface area (Å²) in [6.45, 7) is 6.40. The van der Waals surface area contributed by atoms with E-state index in [0.29, 0.717) is 11.1 Å². The summed E-state index contributed by atoms with van der Waals surface area (Å²) in [5.74, 6) is 0.807. The van der Waals surface area contributed by atoms with Crippen LogP contribution in [0.5, 0.6) is 0 Å². The maximum Gasteiger partial charge on any atom is 0.260 e. The number of hydrogen-bond acceptors (Lipinski definition) is 5. The molecule has 0 aliphatic rings. The zero-order valence-electron chi connectivity index (χ0n) is 14.2. The normalized spacial score (nSPS) is 12.6. The molecule has 1 atom stereocenters. The molecule has 0 aromatic carbocycles. The number of nitrogens with zero attached hydrogens (tertiary/aromatic N) is 2. The number of aryl methyl sites for hydroxylation is 1. The van der Waals surface area contributed by atoms with Crippen molar-refractivity contribution < 1.29 is 4.79 Å². The Morgan fingerprint density at radius 2 is 2.13 bits per heavy atom. The quantitative estimate of drug-likeness (QED) is 0.640. The largest absolute Gasteiger partial charge is 0.348 e. The van der Waals surface area contributed by atoms with Crippen LogP contribution in [0.1, 0.15) is 30.7 Å². The smallest absolute Gasteiger partial charge is 0.260 e. The van der Waals surface area contributed by atoms with E-state index in [1.165, 1.54) is 16.7 Å². The third kappa shape index (κ3) is 4.14. The monoisotopic (exact) mass is 353 g/mol. The van der Waals surface area contributed by atoms with Gasteiger partial charge in [-0.15, -0.1) is 11.3 Å². The number of carbonyl (C=O) groups is 1. The highest BCUT2D eigenvalue weighted by Gasteiger charge is 2.17. The number of H-pyrrole nitrogens is 1. The second-order valence-electron chi connectivity index (χ2n) is 5.98. The molecule has 2 aromatic heterocycles. The predicted octanol–water partition coefficient (Wildman–Crippen LogP) is 3.06. The van der Waals surface area contributed by atoms with E-state index in [1.807, 2.05) is 6.92 Å². The summed E-state index contributed by atoms with van der Waals surface area (Å²) in [7, 11) is 3.43. The molecule has 2 rings (SSSR count). The maximum absolute atomic E-state index is 12.5. The van der Waals surface area contributed by atoms with Crippen LogP contribution in [0.15, 0.2) is 9.95 Å². The predicted molar refractivity (Wildman–Crippen MR) is 97.6 cm³/mol. The zero-order valence-corrected chi connectivity index (χ0v) is 15.9. The average molecular weight is 354 g/mol. The van der Waals surface area contributed by atoms with E-state index in [4.69, 9.17) is 0 Å². The second-order valence-corrected chi connectivity index (χ2v) is 8.15. The van der Waals surface area contributed by atoms with Crippen LogP contribution >= 0.6 is 23.1 Å². The molecule has 0 spiro atoms. The summed E-state index contributed by atoms with van der Waals surface area (Å²) in [4.78, 5) is 35.0. The van der Waals surface area contributed by atoms with Crippen molar-refractivity contribution in [1.82, 2.24) is 14.9 Å². The fourth-order valence-electron chi connectivity index (χ4n) is 2.22. The van der Waals surface area contributed by atoms with Crippen LogP contribution in [0.25, 0.3) is 10.2 Å². The minimum absolute atomic E-state index is 0.00225. The number of rotatable bonds is 6. The highest BCUT2D eigenvalue weighted by atomic mass is 32.2. The van der Waals surface area contributed by atoms with Gasteiger partial charge in [0.2, 0.25) is 5.91 Å². The summed E-state index contributed by atoms with van der Waals surface area (Å²) in [5, 5.41) is 1.23. The van der Waals surface area contributed by atoms with E-state index in [-0.39, 0.29) is 17.2 Å². The minimum atomic E-state index is -0.0996. The number of thiophene rings is 1. The molecule has 2 aromatic rings. The van der Waals surface area contributed by atoms with Gasteiger partial charge in [0.15, 0.2) is 5.16 Å². The number of nitrogens with one attached hydrogen (secondary N) is 1. The lowest BCUT2D eigenvalue weighted by Gasteiger charge is -2.09. The molecule has 0 aliphatic carbocycles. The third-order valence-electron chi connectivity index (χ3n) is 3.92. The van der Waals surface area contributed by atoms with Crippen LogP contribution in [-0.4, -0.2) is 40.6 Å². The summed E-state index contributed by atoms with van der Waals surface area (Å²) in [6.07, 6.45) is 1.99. The van der Waals surface area contributed by atoms with Crippen LogP contribution in [0.2, 0.25) is 0 Å². The molecule has 1 amide bonds. The van der Waals surface area contributed by atoms with E-state index in [9.17, 15) is 9.59 Å². The molecule has 0 unspecified atom stereocenters. The average Bonchev–Trinajstić information content (AvgIpc) is 2.80. The summed E-state index contributed by atoms with van der Waals surface area (Å²) >= 11 is 2.83. The number of fused-ring (bicyclic) bond motifs is 1. The second kappa shape index (κ2) is 7.49. The molecule has 0 fully saturated rings. The van der Waals surface area contributed by atoms with Crippen molar-refractivity contribution in [3.63, 3.8) is 0 Å². The van der Waals surface area contributed by atoms with Gasteiger partial charge in [-0.25, -0.2) is 4.98 Å². The molecular weight excluding hydrogens is 330 g/mol. The Morgan fingerprint density at radius 3 is 2.74 bits per heavy atom. The summed E-state index contributed by atoms with van der Waals surface area (Å²) < 4.78 is 0. The van der Waals surface area contributed by atoms with Gasteiger partial charge in [-0.2, -0.15) is 0 Å². The highest BCUT2D eigenvalue weighted by molar-refractivity contribution is 7.99. The third-order valence-corrected chi connectivity index (χ3v) is 5.82. The fourth-order valence-corrected chi connectivity index (χ4v) is 4.17. The van der Waals surface area contributed by atoms with Gasteiger partial charge in [0.25, 0.3) is 5.56 Å². The Balaban J connectivity index is 2.33. The highest BCUT2D eigenvalue weighted by Crippen LogP contribution is 2.30. The van der Waals surface area contributed by atoms with E-state index in [1.54, 1.807) is 25.4 Å². The Morgan fingerprint density at radius 1 is 1.43 bits per heavy atom. The topological polar surface area (TPSA) is 66.1 Å². The van der Waals surface area contributed by atoms with Gasteiger partial charge in [-0.05, 0) is 24.8 Å². The van der Waals surface area contributed by atoms with Crippen molar-refractivity contribution in [1.29, 1.82) is 0 Å². The standard InChI is InChI=1S/C16H23N3O2S2/c1-6-9(2)7-11-10(3)23-15-13(11)14(21)17-16(18-15)22-8-12(20)19(4)5/h9H,6-8H2,1-5H3,(H,17,18,21)/t9-/m1/s1. The zero-order chi connectivity index (χ0) is 17.1. The van der Waals surface area contributed by atoms with E-state index >= 15 is 0 Å². The number of aromatic amines is 1. The first-order valence-electron chi connectivity index (χ1n) is 7.68. The summed E-state index contributed by atoms with van der Waals surface area (Å²) in [5.41, 5.74) is 1.02. The fraction of sp³-hybridized carbons (Fsp3) is 0.562. The van der Waals surface area contributed by atoms with Crippen molar-refractivity contribution in [3.05, 3.63) is 20.8 Å². The Hall–Kier alpha value is -1.34. The number of thioether (sulfide) groups is 1. The molecule has 0 radical (unpaired) electrons. The lowest BCUT2D eigenvalue weighted by molar-refractivity contribution is -0.125. The first-order chi connectivity index (χ1) is 10.8. The van der Waals surface area contributed by atoms with E-state index in [0.717, 1.165) is 33.5 Å². The SMILES string of the molecule is CC[C@@H](C)Cc1c(C)sc2nc(SCC(=O)N(C)C)[nH]c(=O)c12. The Bertz CT molecular complexity index is 765. The Kier molecular flexibility index (Phi) is 5.86. The van der Waals surface area contributed by atoms with Gasteiger partial charge < -0.3 is 9.88 Å². The number of carbonyl (C=O) groups excluding carboxylic acids is 1. The molecule has 7 heteroatoms. The van der Waals surface area contributed by atoms with Gasteiger partial charge >= 0.3 is 0 Å². The first kappa shape index (κ1) is 18.0. The summed E-state index contributed by atoms with van der Waals surface area (Å²) in [6, 6.07) is 0. The van der Waals surface area contributed by atoms with Gasteiger partial charge in [0, 0.05) is 19.0 Å². The molecule has 126 valence electrons. The molecule has 5 nitrogen and oxygen atoms in total. The molecule has 2 heterocycles. The Labute approximate surface area is 144 Å². The van der Waals surface area contributed by atoms with Crippen molar-refractivity contribution in [2.24, 2.45) is 5.92 Å². The first-order valence-corrected chi connectivity index (χ1v) is 9.48. The van der Waals surface area contributed by atoms with Gasteiger partial charge in [-0.3, -0.25) is 9.59 Å². The molecule has 23 heavy (non-hydrogen) atoms. The number of aromatic nitrogens is 2. The van der Waals surface area contributed by atoms with Crippen molar-refractivity contribution in [3.8, 4) is 0 Å². The molecule has 0 saturated carbocycles. The maximum atomic E-state index is 12.5. The van der Waals surface area contributed by atoms with Gasteiger partial charge in [0.05, 0.1) is 11.1 Å². The molecule has 0 saturated heterocycles. The van der Waals surface area contributed by atoms with Crippen molar-refractivity contribution in [2.45, 2.75) is 38.8 Å². The molecule has 0 bridgehead atoms. The van der Waals surface area contributed by atoms with Gasteiger partial charge in [0.1, 0.15) is 4.83 Å². The van der Waals surface area contributed by atoms with E-state index in [2.05, 4.69) is 23.8 Å². The minimum Gasteiger partial charge on any atom is -0.348 e.